The highest BCUT2D eigenvalue weighted by Gasteiger charge is 2.44. The van der Waals surface area contributed by atoms with Crippen LogP contribution in [0.25, 0.3) is 0 Å². The Morgan fingerprint density at radius 1 is 1.08 bits per heavy atom. The summed E-state index contributed by atoms with van der Waals surface area (Å²) in [6, 6.07) is 5.32. The van der Waals surface area contributed by atoms with Crippen molar-refractivity contribution in [1.29, 1.82) is 0 Å². The predicted octanol–water partition coefficient (Wildman–Crippen LogP) is 1.77. The zero-order valence-corrected chi connectivity index (χ0v) is 15.4. The quantitative estimate of drug-likeness (QED) is 0.591. The highest BCUT2D eigenvalue weighted by atomic mass is 16.5. The molecule has 0 saturated heterocycles. The van der Waals surface area contributed by atoms with E-state index in [0.717, 1.165) is 11.3 Å². The molecule has 1 heterocycles. The summed E-state index contributed by atoms with van der Waals surface area (Å²) in [4.78, 5) is 50.5. The van der Waals surface area contributed by atoms with E-state index in [4.69, 9.17) is 4.74 Å². The van der Waals surface area contributed by atoms with Gasteiger partial charge < -0.3 is 10.1 Å². The van der Waals surface area contributed by atoms with Crippen molar-refractivity contribution in [3.63, 3.8) is 0 Å². The fraction of sp³-hybridized carbons (Fsp3) is 0.474. The summed E-state index contributed by atoms with van der Waals surface area (Å²) >= 11 is 0. The average Bonchev–Trinajstić information content (AvgIpc) is 2.85. The first-order chi connectivity index (χ1) is 12.3. The molecule has 1 aromatic rings. The second-order valence-corrected chi connectivity index (χ2v) is 6.70. The molecule has 3 amide bonds. The summed E-state index contributed by atoms with van der Waals surface area (Å²) in [6.45, 7) is 6.75. The SMILES string of the molecule is CC[C@H](C)NC(=O)COC(=O)[C@H](C(C)C)N1C(=O)c2ccccc2C1=O. The number of hydrogen-bond donors (Lipinski definition) is 1. The van der Waals surface area contributed by atoms with Crippen molar-refractivity contribution in [2.24, 2.45) is 5.92 Å². The van der Waals surface area contributed by atoms with E-state index >= 15 is 0 Å². The van der Waals surface area contributed by atoms with Gasteiger partial charge in [0.25, 0.3) is 17.7 Å². The number of esters is 1. The number of amides is 3. The van der Waals surface area contributed by atoms with Crippen LogP contribution >= 0.6 is 0 Å². The Morgan fingerprint density at radius 3 is 2.08 bits per heavy atom. The lowest BCUT2D eigenvalue weighted by molar-refractivity contribution is -0.153. The Balaban J connectivity index is 2.12. The summed E-state index contributed by atoms with van der Waals surface area (Å²) in [6.07, 6.45) is 0.753. The molecule has 0 spiro atoms. The van der Waals surface area contributed by atoms with Crippen LogP contribution in [-0.4, -0.2) is 47.3 Å². The summed E-state index contributed by atoms with van der Waals surface area (Å²) in [5.41, 5.74) is 0.538. The van der Waals surface area contributed by atoms with Gasteiger partial charge in [0, 0.05) is 6.04 Å². The zero-order chi connectivity index (χ0) is 19.4. The van der Waals surface area contributed by atoms with E-state index in [-0.39, 0.29) is 23.1 Å². The molecule has 1 N–H and O–H groups in total. The molecule has 2 atom stereocenters. The third-order valence-electron chi connectivity index (χ3n) is 4.34. The number of carbonyl (C=O) groups is 4. The molecule has 7 nitrogen and oxygen atoms in total. The molecule has 0 aliphatic carbocycles. The molecule has 1 aromatic carbocycles. The van der Waals surface area contributed by atoms with Crippen molar-refractivity contribution in [1.82, 2.24) is 10.2 Å². The van der Waals surface area contributed by atoms with E-state index in [1.165, 1.54) is 0 Å². The van der Waals surface area contributed by atoms with Gasteiger partial charge in [0.1, 0.15) is 6.04 Å². The minimum atomic E-state index is -1.08. The van der Waals surface area contributed by atoms with Gasteiger partial charge in [-0.15, -0.1) is 0 Å². The summed E-state index contributed by atoms with van der Waals surface area (Å²) < 4.78 is 5.08. The molecule has 7 heteroatoms. The third-order valence-corrected chi connectivity index (χ3v) is 4.34. The highest BCUT2D eigenvalue weighted by Crippen LogP contribution is 2.27. The van der Waals surface area contributed by atoms with E-state index in [0.29, 0.717) is 0 Å². The number of nitrogens with one attached hydrogen (secondary N) is 1. The first kappa shape index (κ1) is 19.6. The number of ether oxygens (including phenoxy) is 1. The molecule has 0 bridgehead atoms. The van der Waals surface area contributed by atoms with E-state index in [2.05, 4.69) is 5.32 Å². The van der Waals surface area contributed by atoms with Gasteiger partial charge in [-0.2, -0.15) is 0 Å². The smallest absolute Gasteiger partial charge is 0.330 e. The molecular formula is C19H24N2O5. The molecule has 0 saturated carbocycles. The van der Waals surface area contributed by atoms with E-state index in [1.54, 1.807) is 38.1 Å². The summed E-state index contributed by atoms with van der Waals surface area (Å²) in [5.74, 6) is -2.59. The van der Waals surface area contributed by atoms with Crippen molar-refractivity contribution < 1.29 is 23.9 Å². The number of fused-ring (bicyclic) bond motifs is 1. The minimum Gasteiger partial charge on any atom is -0.454 e. The van der Waals surface area contributed by atoms with E-state index < -0.39 is 36.3 Å². The van der Waals surface area contributed by atoms with Crippen LogP contribution in [0.2, 0.25) is 0 Å². The lowest BCUT2D eigenvalue weighted by Crippen LogP contribution is -2.49. The minimum absolute atomic E-state index is 0.0293. The topological polar surface area (TPSA) is 92.8 Å². The molecule has 0 radical (unpaired) electrons. The van der Waals surface area contributed by atoms with Crippen LogP contribution in [0.15, 0.2) is 24.3 Å². The maximum atomic E-state index is 12.6. The first-order valence-electron chi connectivity index (χ1n) is 8.70. The molecule has 2 rings (SSSR count). The van der Waals surface area contributed by atoms with Crippen LogP contribution in [0, 0.1) is 5.92 Å². The van der Waals surface area contributed by atoms with Gasteiger partial charge in [-0.25, -0.2) is 4.79 Å². The van der Waals surface area contributed by atoms with Crippen molar-refractivity contribution in [2.75, 3.05) is 6.61 Å². The van der Waals surface area contributed by atoms with Crippen LogP contribution in [0.4, 0.5) is 0 Å². The summed E-state index contributed by atoms with van der Waals surface area (Å²) in [7, 11) is 0. The fourth-order valence-electron chi connectivity index (χ4n) is 2.78. The number of imide groups is 1. The van der Waals surface area contributed by atoms with Gasteiger partial charge in [-0.3, -0.25) is 19.3 Å². The molecule has 0 aromatic heterocycles. The number of nitrogens with zero attached hydrogens (tertiary/aromatic N) is 1. The van der Waals surface area contributed by atoms with Crippen molar-refractivity contribution in [3.8, 4) is 0 Å². The van der Waals surface area contributed by atoms with Gasteiger partial charge >= 0.3 is 5.97 Å². The van der Waals surface area contributed by atoms with Gasteiger partial charge in [0.15, 0.2) is 6.61 Å². The van der Waals surface area contributed by atoms with Crippen LogP contribution in [-0.2, 0) is 14.3 Å². The Labute approximate surface area is 152 Å². The maximum absolute atomic E-state index is 12.6. The summed E-state index contributed by atoms with van der Waals surface area (Å²) in [5, 5.41) is 2.69. The Hall–Kier alpha value is -2.70. The molecular weight excluding hydrogens is 336 g/mol. The largest absolute Gasteiger partial charge is 0.454 e. The average molecular weight is 360 g/mol. The van der Waals surface area contributed by atoms with Gasteiger partial charge in [-0.1, -0.05) is 32.9 Å². The highest BCUT2D eigenvalue weighted by molar-refractivity contribution is 6.22. The van der Waals surface area contributed by atoms with Crippen LogP contribution in [0.3, 0.4) is 0 Å². The van der Waals surface area contributed by atoms with Gasteiger partial charge in [-0.05, 0) is 31.4 Å². The Bertz CT molecular complexity index is 693. The van der Waals surface area contributed by atoms with Crippen LogP contribution < -0.4 is 5.32 Å². The number of benzene rings is 1. The van der Waals surface area contributed by atoms with Crippen LogP contribution in [0.1, 0.15) is 54.8 Å². The molecule has 26 heavy (non-hydrogen) atoms. The third kappa shape index (κ3) is 3.92. The lowest BCUT2D eigenvalue weighted by atomic mass is 10.0. The fourth-order valence-corrected chi connectivity index (χ4v) is 2.78. The Morgan fingerprint density at radius 2 is 1.62 bits per heavy atom. The monoisotopic (exact) mass is 360 g/mol. The number of rotatable bonds is 7. The molecule has 1 aliphatic rings. The van der Waals surface area contributed by atoms with Crippen molar-refractivity contribution >= 4 is 23.7 Å². The number of hydrogen-bond acceptors (Lipinski definition) is 5. The predicted molar refractivity (Wildman–Crippen MR) is 94.4 cm³/mol. The number of carbonyl (C=O) groups excluding carboxylic acids is 4. The Kier molecular flexibility index (Phi) is 6.13. The molecule has 140 valence electrons. The second-order valence-electron chi connectivity index (χ2n) is 6.70. The zero-order valence-electron chi connectivity index (χ0n) is 15.4. The lowest BCUT2D eigenvalue weighted by Gasteiger charge is -2.27. The van der Waals surface area contributed by atoms with Crippen molar-refractivity contribution in [3.05, 3.63) is 35.4 Å². The van der Waals surface area contributed by atoms with Crippen molar-refractivity contribution in [2.45, 2.75) is 46.2 Å². The van der Waals surface area contributed by atoms with Gasteiger partial charge in [0.05, 0.1) is 11.1 Å². The molecule has 0 unspecified atom stereocenters. The standard InChI is InChI=1S/C19H24N2O5/c1-5-12(4)20-15(22)10-26-19(25)16(11(2)3)21-17(23)13-8-6-7-9-14(13)18(21)24/h6-9,11-12,16H,5,10H2,1-4H3,(H,20,22)/t12-,16-/m0/s1. The maximum Gasteiger partial charge on any atom is 0.330 e. The van der Waals surface area contributed by atoms with E-state index in [9.17, 15) is 19.2 Å². The molecule has 1 aliphatic heterocycles. The normalized spacial score (nSPS) is 15.7. The molecule has 0 fully saturated rings. The first-order valence-corrected chi connectivity index (χ1v) is 8.70. The van der Waals surface area contributed by atoms with Gasteiger partial charge in [0.2, 0.25) is 0 Å². The second kappa shape index (κ2) is 8.12. The van der Waals surface area contributed by atoms with E-state index in [1.807, 2.05) is 13.8 Å². The van der Waals surface area contributed by atoms with Crippen LogP contribution in [0.5, 0.6) is 0 Å².